The fraction of sp³-hybridized carbons (Fsp3) is 0.400. The molecule has 4 nitrogen and oxygen atoms in total. The van der Waals surface area contributed by atoms with E-state index < -0.39 is 13.2 Å². The number of hydrogen-bond donors (Lipinski definition) is 0. The fourth-order valence-electron chi connectivity index (χ4n) is 1.18. The maximum atomic E-state index is 10.8. The van der Waals surface area contributed by atoms with E-state index in [0.29, 0.717) is 5.75 Å². The van der Waals surface area contributed by atoms with Gasteiger partial charge >= 0.3 is 5.69 Å². The minimum absolute atomic E-state index is 0.0445. The van der Waals surface area contributed by atoms with Crippen molar-refractivity contribution in [2.75, 3.05) is 0 Å². The smallest absolute Gasteiger partial charge is 0.309 e. The van der Waals surface area contributed by atoms with Crippen molar-refractivity contribution >= 4 is 14.0 Å². The van der Waals surface area contributed by atoms with Gasteiger partial charge in [-0.15, -0.1) is 0 Å². The summed E-state index contributed by atoms with van der Waals surface area (Å²) in [6, 6.07) is 4.93. The molecule has 0 radical (unpaired) electrons. The summed E-state index contributed by atoms with van der Waals surface area (Å²) in [4.78, 5) is 10.4. The summed E-state index contributed by atoms with van der Waals surface area (Å²) in [6.45, 7) is 7.89. The standard InChI is InChI=1S/C10H15NO3Si/c1-8-5-6-9(11(12)13)10(7-8)14-15(2,3)4/h5-7H,1-4H3. The molecule has 0 aliphatic rings. The predicted molar refractivity (Wildman–Crippen MR) is 61.8 cm³/mol. The predicted octanol–water partition coefficient (Wildman–Crippen LogP) is 3.12. The molecule has 0 aliphatic carbocycles. The Morgan fingerprint density at radius 2 is 1.93 bits per heavy atom. The van der Waals surface area contributed by atoms with Crippen LogP contribution in [-0.2, 0) is 0 Å². The van der Waals surface area contributed by atoms with Crippen LogP contribution >= 0.6 is 0 Å². The molecule has 0 aromatic heterocycles. The van der Waals surface area contributed by atoms with Crippen LogP contribution in [0.25, 0.3) is 0 Å². The SMILES string of the molecule is Cc1ccc([N+](=O)[O-])c(O[Si](C)(C)C)c1. The lowest BCUT2D eigenvalue weighted by molar-refractivity contribution is -0.385. The Morgan fingerprint density at radius 3 is 2.40 bits per heavy atom. The zero-order valence-corrected chi connectivity index (χ0v) is 10.4. The van der Waals surface area contributed by atoms with Gasteiger partial charge in [-0.1, -0.05) is 6.07 Å². The first-order valence-electron chi connectivity index (χ1n) is 4.74. The van der Waals surface area contributed by atoms with Gasteiger partial charge in [0.2, 0.25) is 8.32 Å². The van der Waals surface area contributed by atoms with Crippen molar-refractivity contribution in [1.82, 2.24) is 0 Å². The fourth-order valence-corrected chi connectivity index (χ4v) is 2.01. The molecule has 0 atom stereocenters. The zero-order valence-electron chi connectivity index (χ0n) is 9.40. The number of benzene rings is 1. The Morgan fingerprint density at radius 1 is 1.33 bits per heavy atom. The molecule has 0 amide bonds. The zero-order chi connectivity index (χ0) is 11.6. The van der Waals surface area contributed by atoms with Gasteiger partial charge in [0.1, 0.15) is 0 Å². The topological polar surface area (TPSA) is 52.4 Å². The van der Waals surface area contributed by atoms with Crippen molar-refractivity contribution < 1.29 is 9.35 Å². The lowest BCUT2D eigenvalue weighted by Crippen LogP contribution is -2.29. The third-order valence-corrected chi connectivity index (χ3v) is 2.56. The van der Waals surface area contributed by atoms with Gasteiger partial charge in [0, 0.05) is 6.07 Å². The van der Waals surface area contributed by atoms with Gasteiger partial charge in [0.25, 0.3) is 0 Å². The molecular formula is C10H15NO3Si. The molecular weight excluding hydrogens is 210 g/mol. The molecule has 0 bridgehead atoms. The molecule has 0 saturated heterocycles. The van der Waals surface area contributed by atoms with Crippen LogP contribution in [0.3, 0.4) is 0 Å². The molecule has 0 aliphatic heterocycles. The van der Waals surface area contributed by atoms with Crippen LogP contribution in [-0.4, -0.2) is 13.2 Å². The van der Waals surface area contributed by atoms with Gasteiger partial charge in [-0.2, -0.15) is 0 Å². The monoisotopic (exact) mass is 225 g/mol. The van der Waals surface area contributed by atoms with E-state index in [1.807, 2.05) is 26.6 Å². The number of nitrogens with zero attached hydrogens (tertiary/aromatic N) is 1. The van der Waals surface area contributed by atoms with Crippen LogP contribution < -0.4 is 4.43 Å². The average molecular weight is 225 g/mol. The molecule has 1 aromatic rings. The van der Waals surface area contributed by atoms with Crippen LogP contribution in [0.5, 0.6) is 5.75 Å². The van der Waals surface area contributed by atoms with Crippen molar-refractivity contribution in [2.45, 2.75) is 26.6 Å². The van der Waals surface area contributed by atoms with Gasteiger partial charge < -0.3 is 4.43 Å². The molecule has 0 fully saturated rings. The number of nitro groups is 1. The highest BCUT2D eigenvalue weighted by Crippen LogP contribution is 2.29. The second kappa shape index (κ2) is 4.02. The van der Waals surface area contributed by atoms with Crippen LogP contribution in [0.15, 0.2) is 18.2 Å². The van der Waals surface area contributed by atoms with E-state index in [0.717, 1.165) is 5.56 Å². The molecule has 15 heavy (non-hydrogen) atoms. The maximum absolute atomic E-state index is 10.8. The Kier molecular flexibility index (Phi) is 3.14. The van der Waals surface area contributed by atoms with E-state index in [4.69, 9.17) is 4.43 Å². The largest absolute Gasteiger partial charge is 0.540 e. The van der Waals surface area contributed by atoms with E-state index in [-0.39, 0.29) is 5.69 Å². The third kappa shape index (κ3) is 3.36. The van der Waals surface area contributed by atoms with Crippen molar-refractivity contribution in [3.05, 3.63) is 33.9 Å². The second-order valence-corrected chi connectivity index (χ2v) is 8.87. The highest BCUT2D eigenvalue weighted by molar-refractivity contribution is 6.70. The summed E-state index contributed by atoms with van der Waals surface area (Å²) in [6.07, 6.45) is 0. The quantitative estimate of drug-likeness (QED) is 0.451. The van der Waals surface area contributed by atoms with Gasteiger partial charge in [0.15, 0.2) is 5.75 Å². The summed E-state index contributed by atoms with van der Waals surface area (Å²) in [5.41, 5.74) is 1.01. The van der Waals surface area contributed by atoms with E-state index in [9.17, 15) is 10.1 Å². The minimum atomic E-state index is -1.80. The average Bonchev–Trinajstić information content (AvgIpc) is 1.99. The molecule has 82 valence electrons. The Hall–Kier alpha value is -1.36. The lowest BCUT2D eigenvalue weighted by atomic mass is 10.2. The van der Waals surface area contributed by atoms with Gasteiger partial charge in [-0.3, -0.25) is 10.1 Å². The van der Waals surface area contributed by atoms with Gasteiger partial charge in [-0.25, -0.2) is 0 Å². The summed E-state index contributed by atoms with van der Waals surface area (Å²) in [5.74, 6) is 0.388. The van der Waals surface area contributed by atoms with E-state index in [1.165, 1.54) is 6.07 Å². The summed E-state index contributed by atoms with van der Waals surface area (Å²) in [5, 5.41) is 10.8. The molecule has 0 N–H and O–H groups in total. The molecule has 1 rings (SSSR count). The van der Waals surface area contributed by atoms with Crippen molar-refractivity contribution in [2.24, 2.45) is 0 Å². The highest BCUT2D eigenvalue weighted by atomic mass is 28.4. The summed E-state index contributed by atoms with van der Waals surface area (Å²) < 4.78 is 5.67. The Labute approximate surface area is 90.2 Å². The maximum Gasteiger partial charge on any atom is 0.309 e. The number of rotatable bonds is 3. The normalized spacial score (nSPS) is 11.2. The molecule has 5 heteroatoms. The molecule has 0 heterocycles. The van der Waals surface area contributed by atoms with E-state index >= 15 is 0 Å². The first kappa shape index (κ1) is 11.7. The van der Waals surface area contributed by atoms with Crippen LogP contribution in [0.4, 0.5) is 5.69 Å². The van der Waals surface area contributed by atoms with Crippen molar-refractivity contribution in [3.8, 4) is 5.75 Å². The highest BCUT2D eigenvalue weighted by Gasteiger charge is 2.22. The van der Waals surface area contributed by atoms with Crippen LogP contribution in [0, 0.1) is 17.0 Å². The van der Waals surface area contributed by atoms with Gasteiger partial charge in [-0.05, 0) is 38.2 Å². The Balaban J connectivity index is 3.13. The van der Waals surface area contributed by atoms with Crippen molar-refractivity contribution in [3.63, 3.8) is 0 Å². The first-order chi connectivity index (χ1) is 6.79. The number of hydrogen-bond acceptors (Lipinski definition) is 3. The first-order valence-corrected chi connectivity index (χ1v) is 8.14. The number of aryl methyl sites for hydroxylation is 1. The minimum Gasteiger partial charge on any atom is -0.540 e. The lowest BCUT2D eigenvalue weighted by Gasteiger charge is -2.19. The van der Waals surface area contributed by atoms with Gasteiger partial charge in [0.05, 0.1) is 4.92 Å². The van der Waals surface area contributed by atoms with Crippen LogP contribution in [0.1, 0.15) is 5.56 Å². The van der Waals surface area contributed by atoms with Crippen molar-refractivity contribution in [1.29, 1.82) is 0 Å². The van der Waals surface area contributed by atoms with E-state index in [2.05, 4.69) is 0 Å². The molecule has 1 aromatic carbocycles. The summed E-state index contributed by atoms with van der Waals surface area (Å²) in [7, 11) is -1.80. The third-order valence-electron chi connectivity index (χ3n) is 1.73. The molecule has 0 unspecified atom stereocenters. The van der Waals surface area contributed by atoms with E-state index in [1.54, 1.807) is 12.1 Å². The molecule has 0 saturated carbocycles. The Bertz CT molecular complexity index is 385. The molecule has 0 spiro atoms. The second-order valence-electron chi connectivity index (χ2n) is 4.44. The summed E-state index contributed by atoms with van der Waals surface area (Å²) >= 11 is 0. The number of nitro benzene ring substituents is 1. The van der Waals surface area contributed by atoms with Crippen LogP contribution in [0.2, 0.25) is 19.6 Å².